The lowest BCUT2D eigenvalue weighted by Crippen LogP contribution is -2.31. The fraction of sp³-hybridized carbons (Fsp3) is 0.381. The summed E-state index contributed by atoms with van der Waals surface area (Å²) in [5.74, 6) is 1.83. The number of fused-ring (bicyclic) bond motifs is 1. The van der Waals surface area contributed by atoms with Crippen molar-refractivity contribution in [1.29, 1.82) is 0 Å². The molecule has 6 heteroatoms. The van der Waals surface area contributed by atoms with Crippen molar-refractivity contribution in [2.45, 2.75) is 25.3 Å². The second-order valence-corrected chi connectivity index (χ2v) is 6.70. The lowest BCUT2D eigenvalue weighted by molar-refractivity contribution is -0.132. The van der Waals surface area contributed by atoms with Crippen LogP contribution in [0.3, 0.4) is 0 Å². The van der Waals surface area contributed by atoms with Crippen molar-refractivity contribution in [1.82, 2.24) is 4.90 Å². The predicted octanol–water partition coefficient (Wildman–Crippen LogP) is 3.73. The number of nitrogens with zero attached hydrogens (tertiary/aromatic N) is 1. The topological polar surface area (TPSA) is 48.0 Å². The van der Waals surface area contributed by atoms with Crippen molar-refractivity contribution in [3.8, 4) is 17.2 Å². The van der Waals surface area contributed by atoms with Gasteiger partial charge >= 0.3 is 0 Å². The quantitative estimate of drug-likeness (QED) is 0.804. The number of carbonyl (C=O) groups excluding carboxylic acids is 1. The Balaban J connectivity index is 1.37. The zero-order valence-electron chi connectivity index (χ0n) is 15.0. The third-order valence-electron chi connectivity index (χ3n) is 4.92. The molecule has 4 rings (SSSR count). The van der Waals surface area contributed by atoms with Gasteiger partial charge in [-0.3, -0.25) is 4.79 Å². The van der Waals surface area contributed by atoms with Crippen molar-refractivity contribution >= 4 is 5.91 Å². The molecule has 0 spiro atoms. The molecule has 0 aromatic heterocycles. The normalized spacial score (nSPS) is 18.4. The Bertz CT molecular complexity index is 808. The summed E-state index contributed by atoms with van der Waals surface area (Å²) in [5, 5.41) is 0. The molecular weight excluding hydrogens is 349 g/mol. The Labute approximate surface area is 157 Å². The van der Waals surface area contributed by atoms with E-state index in [4.69, 9.17) is 14.2 Å². The summed E-state index contributed by atoms with van der Waals surface area (Å²) in [4.78, 5) is 14.6. The lowest BCUT2D eigenvalue weighted by Gasteiger charge is -2.27. The Kier molecular flexibility index (Phi) is 5.14. The average Bonchev–Trinajstić information content (AvgIpc) is 3.19. The van der Waals surface area contributed by atoms with Crippen LogP contribution in [0.1, 0.15) is 30.9 Å². The number of rotatable bonds is 5. The van der Waals surface area contributed by atoms with Crippen LogP contribution in [0.15, 0.2) is 42.5 Å². The number of hydrogen-bond acceptors (Lipinski definition) is 4. The number of hydrogen-bond donors (Lipinski definition) is 0. The molecule has 1 fully saturated rings. The van der Waals surface area contributed by atoms with Crippen LogP contribution in [-0.2, 0) is 4.79 Å². The van der Waals surface area contributed by atoms with Crippen LogP contribution in [0.25, 0.3) is 0 Å². The molecule has 1 amide bonds. The second kappa shape index (κ2) is 7.86. The van der Waals surface area contributed by atoms with E-state index in [1.54, 1.807) is 12.1 Å². The van der Waals surface area contributed by atoms with Crippen LogP contribution in [0, 0.1) is 5.82 Å². The first-order chi connectivity index (χ1) is 13.2. The largest absolute Gasteiger partial charge is 0.493 e. The van der Waals surface area contributed by atoms with Crippen LogP contribution in [0.2, 0.25) is 0 Å². The van der Waals surface area contributed by atoms with Crippen molar-refractivity contribution in [3.63, 3.8) is 0 Å². The van der Waals surface area contributed by atoms with Gasteiger partial charge in [0, 0.05) is 6.54 Å². The van der Waals surface area contributed by atoms with E-state index in [9.17, 15) is 9.18 Å². The summed E-state index contributed by atoms with van der Waals surface area (Å²) in [7, 11) is 0. The molecule has 5 nitrogen and oxygen atoms in total. The zero-order valence-corrected chi connectivity index (χ0v) is 15.0. The lowest BCUT2D eigenvalue weighted by atomic mass is 10.0. The van der Waals surface area contributed by atoms with Gasteiger partial charge in [0.15, 0.2) is 11.5 Å². The van der Waals surface area contributed by atoms with E-state index in [1.807, 2.05) is 23.1 Å². The van der Waals surface area contributed by atoms with E-state index in [1.165, 1.54) is 12.1 Å². The van der Waals surface area contributed by atoms with Gasteiger partial charge in [0.05, 0.1) is 19.1 Å². The number of halogens is 1. The molecule has 0 bridgehead atoms. The summed E-state index contributed by atoms with van der Waals surface area (Å²) in [6.07, 6.45) is 2.20. The summed E-state index contributed by atoms with van der Waals surface area (Å²) in [5.41, 5.74) is 1.07. The molecule has 2 aliphatic rings. The van der Waals surface area contributed by atoms with Gasteiger partial charge < -0.3 is 19.1 Å². The molecule has 0 saturated carbocycles. The zero-order chi connectivity index (χ0) is 18.6. The smallest absolute Gasteiger partial charge is 0.226 e. The standard InChI is InChI=1S/C21H22FNO4/c22-16-4-6-17(7-5-16)25-11-9-21(24)23-10-1-2-18(23)15-3-8-19-20(14-15)27-13-12-26-19/h3-8,14,18H,1-2,9-13H2. The SMILES string of the molecule is O=C(CCOc1ccc(F)cc1)N1CCCC1c1ccc2c(c1)OCCO2. The van der Waals surface area contributed by atoms with Crippen molar-refractivity contribution in [3.05, 3.63) is 53.8 Å². The van der Waals surface area contributed by atoms with E-state index in [0.717, 1.165) is 36.4 Å². The van der Waals surface area contributed by atoms with E-state index in [2.05, 4.69) is 0 Å². The fourth-order valence-corrected chi connectivity index (χ4v) is 3.61. The maximum Gasteiger partial charge on any atom is 0.226 e. The van der Waals surface area contributed by atoms with E-state index < -0.39 is 0 Å². The van der Waals surface area contributed by atoms with Gasteiger partial charge in [0.1, 0.15) is 24.8 Å². The molecule has 2 aromatic rings. The van der Waals surface area contributed by atoms with Gasteiger partial charge in [-0.15, -0.1) is 0 Å². The molecule has 1 saturated heterocycles. The molecule has 2 heterocycles. The summed E-state index contributed by atoms with van der Waals surface area (Å²) < 4.78 is 29.7. The minimum Gasteiger partial charge on any atom is -0.493 e. The molecule has 2 aromatic carbocycles. The highest BCUT2D eigenvalue weighted by Crippen LogP contribution is 2.38. The number of carbonyl (C=O) groups is 1. The Morgan fingerprint density at radius 3 is 2.70 bits per heavy atom. The molecule has 27 heavy (non-hydrogen) atoms. The monoisotopic (exact) mass is 371 g/mol. The Morgan fingerprint density at radius 1 is 1.11 bits per heavy atom. The number of benzene rings is 2. The molecule has 2 aliphatic heterocycles. The van der Waals surface area contributed by atoms with Crippen LogP contribution >= 0.6 is 0 Å². The predicted molar refractivity (Wildman–Crippen MR) is 97.6 cm³/mol. The van der Waals surface area contributed by atoms with Crippen molar-refractivity contribution in [2.75, 3.05) is 26.4 Å². The second-order valence-electron chi connectivity index (χ2n) is 6.70. The molecule has 0 radical (unpaired) electrons. The van der Waals surface area contributed by atoms with Gasteiger partial charge in [0.25, 0.3) is 0 Å². The van der Waals surface area contributed by atoms with Gasteiger partial charge in [-0.05, 0) is 54.8 Å². The van der Waals surface area contributed by atoms with Crippen molar-refractivity contribution < 1.29 is 23.4 Å². The number of likely N-dealkylation sites (tertiary alicyclic amines) is 1. The minimum atomic E-state index is -0.308. The van der Waals surface area contributed by atoms with Gasteiger partial charge in [-0.2, -0.15) is 0 Å². The maximum absolute atomic E-state index is 12.9. The Morgan fingerprint density at radius 2 is 1.89 bits per heavy atom. The summed E-state index contributed by atoms with van der Waals surface area (Å²) >= 11 is 0. The first kappa shape index (κ1) is 17.6. The molecule has 0 aliphatic carbocycles. The first-order valence-electron chi connectivity index (χ1n) is 9.28. The van der Waals surface area contributed by atoms with Crippen molar-refractivity contribution in [2.24, 2.45) is 0 Å². The summed E-state index contributed by atoms with van der Waals surface area (Å²) in [6.45, 7) is 2.13. The molecule has 1 unspecified atom stereocenters. The highest BCUT2D eigenvalue weighted by molar-refractivity contribution is 5.77. The number of ether oxygens (including phenoxy) is 3. The molecule has 0 N–H and O–H groups in total. The first-order valence-corrected chi connectivity index (χ1v) is 9.28. The van der Waals surface area contributed by atoms with E-state index in [-0.39, 0.29) is 24.4 Å². The minimum absolute atomic E-state index is 0.0548. The van der Waals surface area contributed by atoms with E-state index >= 15 is 0 Å². The number of amides is 1. The highest BCUT2D eigenvalue weighted by Gasteiger charge is 2.30. The third-order valence-corrected chi connectivity index (χ3v) is 4.92. The van der Waals surface area contributed by atoms with Crippen LogP contribution in [0.5, 0.6) is 17.2 Å². The molecule has 1 atom stereocenters. The van der Waals surface area contributed by atoms with E-state index in [0.29, 0.717) is 25.4 Å². The van der Waals surface area contributed by atoms with Crippen LogP contribution in [0.4, 0.5) is 4.39 Å². The van der Waals surface area contributed by atoms with Gasteiger partial charge in [0.2, 0.25) is 5.91 Å². The average molecular weight is 371 g/mol. The van der Waals surface area contributed by atoms with Gasteiger partial charge in [-0.1, -0.05) is 6.07 Å². The third kappa shape index (κ3) is 3.99. The fourth-order valence-electron chi connectivity index (χ4n) is 3.61. The van der Waals surface area contributed by atoms with Crippen LogP contribution < -0.4 is 14.2 Å². The molecule has 142 valence electrons. The van der Waals surface area contributed by atoms with Crippen LogP contribution in [-0.4, -0.2) is 37.2 Å². The Hall–Kier alpha value is -2.76. The van der Waals surface area contributed by atoms with Gasteiger partial charge in [-0.25, -0.2) is 4.39 Å². The maximum atomic E-state index is 12.9. The highest BCUT2D eigenvalue weighted by atomic mass is 19.1. The molecular formula is C21H22FNO4. The summed E-state index contributed by atoms with van der Waals surface area (Å²) in [6, 6.07) is 11.8.